The number of piperidine rings is 1. The van der Waals surface area contributed by atoms with Gasteiger partial charge in [0.1, 0.15) is 5.75 Å². The van der Waals surface area contributed by atoms with Crippen molar-refractivity contribution in [3.63, 3.8) is 0 Å². The fourth-order valence-corrected chi connectivity index (χ4v) is 3.53. The maximum Gasteiger partial charge on any atom is 0.255 e. The SMILES string of the molecule is NC(=O)COc1ccc(Cl)cc1CN1CCC[C@H](Cn2ccnc2)C1. The summed E-state index contributed by atoms with van der Waals surface area (Å²) < 4.78 is 7.67. The van der Waals surface area contributed by atoms with Crippen LogP contribution in [0.5, 0.6) is 5.75 Å². The molecule has 0 radical (unpaired) electrons. The minimum Gasteiger partial charge on any atom is -0.483 e. The van der Waals surface area contributed by atoms with E-state index in [0.29, 0.717) is 16.7 Å². The Labute approximate surface area is 152 Å². The summed E-state index contributed by atoms with van der Waals surface area (Å²) in [6.07, 6.45) is 8.07. The average Bonchev–Trinajstić information content (AvgIpc) is 3.07. The molecule has 1 aromatic carbocycles. The van der Waals surface area contributed by atoms with Gasteiger partial charge in [-0.15, -0.1) is 0 Å². The Kier molecular flexibility index (Phi) is 5.94. The molecule has 0 bridgehead atoms. The van der Waals surface area contributed by atoms with Gasteiger partial charge < -0.3 is 15.0 Å². The monoisotopic (exact) mass is 362 g/mol. The third-order valence-corrected chi connectivity index (χ3v) is 4.65. The number of halogens is 1. The van der Waals surface area contributed by atoms with Crippen LogP contribution in [0.2, 0.25) is 5.02 Å². The van der Waals surface area contributed by atoms with E-state index in [2.05, 4.69) is 14.5 Å². The van der Waals surface area contributed by atoms with Crippen LogP contribution in [-0.4, -0.2) is 40.1 Å². The number of benzene rings is 1. The molecule has 2 N–H and O–H groups in total. The van der Waals surface area contributed by atoms with E-state index >= 15 is 0 Å². The maximum atomic E-state index is 11.0. The summed E-state index contributed by atoms with van der Waals surface area (Å²) >= 11 is 6.14. The van der Waals surface area contributed by atoms with E-state index in [1.165, 1.54) is 6.42 Å². The normalized spacial score (nSPS) is 18.2. The van der Waals surface area contributed by atoms with Crippen molar-refractivity contribution in [2.24, 2.45) is 11.7 Å². The van der Waals surface area contributed by atoms with E-state index in [0.717, 1.165) is 38.2 Å². The molecule has 0 saturated carbocycles. The zero-order valence-corrected chi connectivity index (χ0v) is 14.9. The molecule has 25 heavy (non-hydrogen) atoms. The Balaban J connectivity index is 1.64. The molecule has 134 valence electrons. The molecule has 1 amide bonds. The first-order valence-electron chi connectivity index (χ1n) is 8.48. The molecule has 1 saturated heterocycles. The first-order chi connectivity index (χ1) is 12.1. The second-order valence-corrected chi connectivity index (χ2v) is 6.95. The van der Waals surface area contributed by atoms with Gasteiger partial charge in [-0.05, 0) is 43.5 Å². The Morgan fingerprint density at radius 2 is 2.32 bits per heavy atom. The van der Waals surface area contributed by atoms with E-state index in [1.54, 1.807) is 12.1 Å². The number of hydrogen-bond donors (Lipinski definition) is 1. The lowest BCUT2D eigenvalue weighted by atomic mass is 9.97. The van der Waals surface area contributed by atoms with E-state index in [9.17, 15) is 4.79 Å². The quantitative estimate of drug-likeness (QED) is 0.820. The van der Waals surface area contributed by atoms with Gasteiger partial charge in [0.2, 0.25) is 0 Å². The highest BCUT2D eigenvalue weighted by Gasteiger charge is 2.21. The average molecular weight is 363 g/mol. The van der Waals surface area contributed by atoms with Crippen LogP contribution in [0.4, 0.5) is 0 Å². The third kappa shape index (κ3) is 5.21. The maximum absolute atomic E-state index is 11.0. The smallest absolute Gasteiger partial charge is 0.255 e. The lowest BCUT2D eigenvalue weighted by molar-refractivity contribution is -0.119. The largest absolute Gasteiger partial charge is 0.483 e. The number of nitrogens with two attached hydrogens (primary N) is 1. The van der Waals surface area contributed by atoms with Gasteiger partial charge in [-0.1, -0.05) is 11.6 Å². The fourth-order valence-electron chi connectivity index (χ4n) is 3.34. The molecule has 2 aromatic rings. The van der Waals surface area contributed by atoms with Gasteiger partial charge >= 0.3 is 0 Å². The topological polar surface area (TPSA) is 73.4 Å². The summed E-state index contributed by atoms with van der Waals surface area (Å²) in [6.45, 7) is 3.66. The number of carbonyl (C=O) groups excluding carboxylic acids is 1. The molecule has 7 heteroatoms. The van der Waals surface area contributed by atoms with E-state index in [4.69, 9.17) is 22.1 Å². The number of hydrogen-bond acceptors (Lipinski definition) is 4. The zero-order valence-electron chi connectivity index (χ0n) is 14.1. The lowest BCUT2D eigenvalue weighted by Crippen LogP contribution is -2.36. The standard InChI is InChI=1S/C18H23ClN4O2/c19-16-3-4-17(25-12-18(20)24)15(8-16)11-22-6-1-2-14(9-22)10-23-7-5-21-13-23/h3-5,7-8,13-14H,1-2,6,9-12H2,(H2,20,24)/t14-/m0/s1. The Hall–Kier alpha value is -2.05. The summed E-state index contributed by atoms with van der Waals surface area (Å²) in [6, 6.07) is 5.46. The van der Waals surface area contributed by atoms with E-state index < -0.39 is 5.91 Å². The molecule has 1 fully saturated rings. The predicted molar refractivity (Wildman–Crippen MR) is 96.4 cm³/mol. The summed E-state index contributed by atoms with van der Waals surface area (Å²) in [5, 5.41) is 0.661. The van der Waals surface area contributed by atoms with Crippen LogP contribution < -0.4 is 10.5 Å². The third-order valence-electron chi connectivity index (χ3n) is 4.42. The Morgan fingerprint density at radius 3 is 3.08 bits per heavy atom. The minimum atomic E-state index is -0.487. The molecule has 1 aromatic heterocycles. The molecule has 0 spiro atoms. The summed E-state index contributed by atoms with van der Waals surface area (Å²) in [5.74, 6) is 0.774. The highest BCUT2D eigenvalue weighted by molar-refractivity contribution is 6.30. The first kappa shape index (κ1) is 17.8. The molecule has 1 aliphatic heterocycles. The molecule has 0 aliphatic carbocycles. The minimum absolute atomic E-state index is 0.127. The fraction of sp³-hybridized carbons (Fsp3) is 0.444. The van der Waals surface area contributed by atoms with Crippen LogP contribution >= 0.6 is 11.6 Å². The molecule has 3 rings (SSSR count). The predicted octanol–water partition coefficient (Wildman–Crippen LogP) is 2.31. The van der Waals surface area contributed by atoms with Crippen LogP contribution in [-0.2, 0) is 17.9 Å². The van der Waals surface area contributed by atoms with Crippen molar-refractivity contribution in [1.29, 1.82) is 0 Å². The van der Waals surface area contributed by atoms with Crippen LogP contribution in [0.25, 0.3) is 0 Å². The van der Waals surface area contributed by atoms with Gasteiger partial charge in [-0.25, -0.2) is 4.98 Å². The molecule has 0 unspecified atom stereocenters. The zero-order chi connectivity index (χ0) is 17.6. The van der Waals surface area contributed by atoms with Crippen molar-refractivity contribution in [3.8, 4) is 5.75 Å². The summed E-state index contributed by atoms with van der Waals surface area (Å²) in [4.78, 5) is 17.5. The van der Waals surface area contributed by atoms with Crippen LogP contribution in [0, 0.1) is 5.92 Å². The van der Waals surface area contributed by atoms with E-state index in [-0.39, 0.29) is 6.61 Å². The lowest BCUT2D eigenvalue weighted by Gasteiger charge is -2.33. The number of aromatic nitrogens is 2. The van der Waals surface area contributed by atoms with E-state index in [1.807, 2.05) is 24.8 Å². The number of amides is 1. The van der Waals surface area contributed by atoms with Crippen LogP contribution in [0.3, 0.4) is 0 Å². The van der Waals surface area contributed by atoms with Gasteiger partial charge in [0.25, 0.3) is 5.91 Å². The molecule has 2 heterocycles. The van der Waals surface area contributed by atoms with Crippen molar-refractivity contribution in [1.82, 2.24) is 14.5 Å². The molecule has 1 aliphatic rings. The molecular formula is C18H23ClN4O2. The van der Waals surface area contributed by atoms with Crippen LogP contribution in [0.15, 0.2) is 36.9 Å². The van der Waals surface area contributed by atoms with Crippen molar-refractivity contribution in [2.45, 2.75) is 25.9 Å². The highest BCUT2D eigenvalue weighted by Crippen LogP contribution is 2.27. The number of ether oxygens (including phenoxy) is 1. The van der Waals surface area contributed by atoms with Gasteiger partial charge in [0.05, 0.1) is 6.33 Å². The summed E-state index contributed by atoms with van der Waals surface area (Å²) in [5.41, 5.74) is 6.16. The first-order valence-corrected chi connectivity index (χ1v) is 8.85. The summed E-state index contributed by atoms with van der Waals surface area (Å²) in [7, 11) is 0. The van der Waals surface area contributed by atoms with Gasteiger partial charge in [0.15, 0.2) is 6.61 Å². The number of carbonyl (C=O) groups is 1. The number of imidazole rings is 1. The van der Waals surface area contributed by atoms with Crippen LogP contribution in [0.1, 0.15) is 18.4 Å². The Morgan fingerprint density at radius 1 is 1.44 bits per heavy atom. The number of nitrogens with zero attached hydrogens (tertiary/aromatic N) is 3. The number of likely N-dealkylation sites (tertiary alicyclic amines) is 1. The molecule has 6 nitrogen and oxygen atoms in total. The number of rotatable bonds is 7. The number of primary amides is 1. The second-order valence-electron chi connectivity index (χ2n) is 6.51. The second kappa shape index (κ2) is 8.36. The van der Waals surface area contributed by atoms with Crippen molar-refractivity contribution >= 4 is 17.5 Å². The van der Waals surface area contributed by atoms with Crippen molar-refractivity contribution in [2.75, 3.05) is 19.7 Å². The van der Waals surface area contributed by atoms with Gasteiger partial charge in [0, 0.05) is 42.6 Å². The molecular weight excluding hydrogens is 340 g/mol. The highest BCUT2D eigenvalue weighted by atomic mass is 35.5. The van der Waals surface area contributed by atoms with Gasteiger partial charge in [-0.2, -0.15) is 0 Å². The van der Waals surface area contributed by atoms with Crippen molar-refractivity contribution in [3.05, 3.63) is 47.5 Å². The van der Waals surface area contributed by atoms with Crippen molar-refractivity contribution < 1.29 is 9.53 Å². The molecule has 1 atom stereocenters. The Bertz CT molecular complexity index is 705. The van der Waals surface area contributed by atoms with Gasteiger partial charge in [-0.3, -0.25) is 9.69 Å².